The molecule has 0 unspecified atom stereocenters. The van der Waals surface area contributed by atoms with Crippen molar-refractivity contribution in [2.75, 3.05) is 20.2 Å². The van der Waals surface area contributed by atoms with Crippen molar-refractivity contribution in [2.45, 2.75) is 12.5 Å². The minimum Gasteiger partial charge on any atom is -0.463 e. The molecule has 1 saturated heterocycles. The number of nitrogens with zero attached hydrogens (tertiary/aromatic N) is 1. The molecule has 1 aliphatic heterocycles. The summed E-state index contributed by atoms with van der Waals surface area (Å²) in [6.07, 6.45) is 0.732. The zero-order valence-corrected chi connectivity index (χ0v) is 8.85. The van der Waals surface area contributed by atoms with Crippen molar-refractivity contribution in [1.82, 2.24) is 4.90 Å². The van der Waals surface area contributed by atoms with E-state index in [1.807, 2.05) is 37.4 Å². The first kappa shape index (κ1) is 10.2. The summed E-state index contributed by atoms with van der Waals surface area (Å²) in [6.45, 7) is 1.34. The summed E-state index contributed by atoms with van der Waals surface area (Å²) in [7, 11) is 1.97. The van der Waals surface area contributed by atoms with Gasteiger partial charge in [-0.05, 0) is 19.0 Å². The lowest BCUT2D eigenvalue weighted by atomic mass is 10.0. The molecule has 1 heterocycles. The molecule has 80 valence electrons. The number of morpholine rings is 1. The molecular weight excluding hydrogens is 190 g/mol. The molecular formula is C12H15NO2. The van der Waals surface area contributed by atoms with Crippen LogP contribution in [0.2, 0.25) is 0 Å². The van der Waals surface area contributed by atoms with E-state index in [4.69, 9.17) is 4.74 Å². The Morgan fingerprint density at radius 2 is 2.13 bits per heavy atom. The summed E-state index contributed by atoms with van der Waals surface area (Å²) in [5.41, 5.74) is 1.17. The fourth-order valence-corrected chi connectivity index (χ4v) is 1.80. The standard InChI is InChI=1S/C12H15NO2/c1-13-7-8-15-12(14)11(13)9-10-5-3-2-4-6-10/h2-6,11H,7-9H2,1H3/t11-/m0/s1. The number of likely N-dealkylation sites (N-methyl/N-ethyl adjacent to an activating group) is 1. The molecule has 3 nitrogen and oxygen atoms in total. The van der Waals surface area contributed by atoms with E-state index in [0.29, 0.717) is 6.61 Å². The lowest BCUT2D eigenvalue weighted by Gasteiger charge is -2.30. The largest absolute Gasteiger partial charge is 0.463 e. The van der Waals surface area contributed by atoms with E-state index in [1.165, 1.54) is 5.56 Å². The predicted octanol–water partition coefficient (Wildman–Crippen LogP) is 1.09. The second kappa shape index (κ2) is 4.45. The van der Waals surface area contributed by atoms with Gasteiger partial charge >= 0.3 is 5.97 Å². The van der Waals surface area contributed by atoms with Crippen molar-refractivity contribution < 1.29 is 9.53 Å². The van der Waals surface area contributed by atoms with E-state index in [0.717, 1.165) is 13.0 Å². The lowest BCUT2D eigenvalue weighted by Crippen LogP contribution is -2.47. The van der Waals surface area contributed by atoms with Crippen LogP contribution in [0.1, 0.15) is 5.56 Å². The van der Waals surface area contributed by atoms with Gasteiger partial charge in [0.15, 0.2) is 0 Å². The first-order valence-corrected chi connectivity index (χ1v) is 5.18. The molecule has 0 aromatic heterocycles. The molecule has 0 bridgehead atoms. The average Bonchev–Trinajstić information content (AvgIpc) is 2.25. The summed E-state index contributed by atoms with van der Waals surface area (Å²) >= 11 is 0. The van der Waals surface area contributed by atoms with Crippen LogP contribution >= 0.6 is 0 Å². The zero-order chi connectivity index (χ0) is 10.7. The third-order valence-corrected chi connectivity index (χ3v) is 2.76. The number of benzene rings is 1. The molecule has 1 aromatic carbocycles. The monoisotopic (exact) mass is 205 g/mol. The number of esters is 1. The van der Waals surface area contributed by atoms with E-state index in [1.54, 1.807) is 0 Å². The van der Waals surface area contributed by atoms with Gasteiger partial charge in [-0.2, -0.15) is 0 Å². The molecule has 1 aromatic rings. The van der Waals surface area contributed by atoms with Crippen molar-refractivity contribution in [1.29, 1.82) is 0 Å². The van der Waals surface area contributed by atoms with E-state index in [2.05, 4.69) is 4.90 Å². The molecule has 0 N–H and O–H groups in total. The Morgan fingerprint density at radius 3 is 2.80 bits per heavy atom. The molecule has 1 aliphatic rings. The summed E-state index contributed by atoms with van der Waals surface area (Å²) in [4.78, 5) is 13.6. The smallest absolute Gasteiger partial charge is 0.323 e. The first-order valence-electron chi connectivity index (χ1n) is 5.18. The van der Waals surface area contributed by atoms with Gasteiger partial charge in [-0.25, -0.2) is 0 Å². The lowest BCUT2D eigenvalue weighted by molar-refractivity contribution is -0.156. The Morgan fingerprint density at radius 1 is 1.40 bits per heavy atom. The molecule has 0 amide bonds. The minimum absolute atomic E-state index is 0.104. The normalized spacial score (nSPS) is 22.5. The Balaban J connectivity index is 2.07. The van der Waals surface area contributed by atoms with Crippen LogP contribution in [0.15, 0.2) is 30.3 Å². The first-order chi connectivity index (χ1) is 7.27. The van der Waals surface area contributed by atoms with Crippen LogP contribution in [0.3, 0.4) is 0 Å². The summed E-state index contributed by atoms with van der Waals surface area (Å²) in [5.74, 6) is -0.104. The highest BCUT2D eigenvalue weighted by atomic mass is 16.5. The summed E-state index contributed by atoms with van der Waals surface area (Å²) < 4.78 is 5.05. The highest BCUT2D eigenvalue weighted by Gasteiger charge is 2.28. The van der Waals surface area contributed by atoms with Gasteiger partial charge in [-0.1, -0.05) is 30.3 Å². The molecule has 0 spiro atoms. The fraction of sp³-hybridized carbons (Fsp3) is 0.417. The number of carbonyl (C=O) groups is 1. The van der Waals surface area contributed by atoms with Crippen molar-refractivity contribution in [3.8, 4) is 0 Å². The molecule has 1 atom stereocenters. The maximum atomic E-state index is 11.5. The molecule has 0 saturated carbocycles. The number of cyclic esters (lactones) is 1. The van der Waals surface area contributed by atoms with Crippen molar-refractivity contribution in [2.24, 2.45) is 0 Å². The fourth-order valence-electron chi connectivity index (χ4n) is 1.80. The third kappa shape index (κ3) is 2.36. The number of ether oxygens (including phenoxy) is 1. The van der Waals surface area contributed by atoms with Crippen LogP contribution in [0.25, 0.3) is 0 Å². The van der Waals surface area contributed by atoms with Gasteiger partial charge < -0.3 is 4.74 Å². The third-order valence-electron chi connectivity index (χ3n) is 2.76. The maximum Gasteiger partial charge on any atom is 0.323 e. The van der Waals surface area contributed by atoms with Gasteiger partial charge in [0.1, 0.15) is 12.6 Å². The maximum absolute atomic E-state index is 11.5. The van der Waals surface area contributed by atoms with Gasteiger partial charge in [-0.3, -0.25) is 9.69 Å². The second-order valence-electron chi connectivity index (χ2n) is 3.85. The quantitative estimate of drug-likeness (QED) is 0.677. The van der Waals surface area contributed by atoms with Crippen LogP contribution in [-0.2, 0) is 16.0 Å². The van der Waals surface area contributed by atoms with E-state index < -0.39 is 0 Å². The highest BCUT2D eigenvalue weighted by Crippen LogP contribution is 2.12. The Bertz CT molecular complexity index is 337. The van der Waals surface area contributed by atoms with Crippen LogP contribution in [-0.4, -0.2) is 37.1 Å². The van der Waals surface area contributed by atoms with Crippen LogP contribution in [0.5, 0.6) is 0 Å². The number of hydrogen-bond acceptors (Lipinski definition) is 3. The molecule has 2 rings (SSSR count). The highest BCUT2D eigenvalue weighted by molar-refractivity contribution is 5.76. The molecule has 1 fully saturated rings. The van der Waals surface area contributed by atoms with E-state index >= 15 is 0 Å². The predicted molar refractivity (Wildman–Crippen MR) is 57.5 cm³/mol. The molecule has 0 aliphatic carbocycles. The van der Waals surface area contributed by atoms with Gasteiger partial charge in [-0.15, -0.1) is 0 Å². The summed E-state index contributed by atoms with van der Waals surface area (Å²) in [6, 6.07) is 9.91. The topological polar surface area (TPSA) is 29.5 Å². The van der Waals surface area contributed by atoms with E-state index in [-0.39, 0.29) is 12.0 Å². The number of carbonyl (C=O) groups excluding carboxylic acids is 1. The Kier molecular flexibility index (Phi) is 3.02. The van der Waals surface area contributed by atoms with Gasteiger partial charge in [0, 0.05) is 6.54 Å². The number of hydrogen-bond donors (Lipinski definition) is 0. The number of rotatable bonds is 2. The van der Waals surface area contributed by atoms with Crippen molar-refractivity contribution in [3.63, 3.8) is 0 Å². The Hall–Kier alpha value is -1.35. The SMILES string of the molecule is CN1CCOC(=O)[C@@H]1Cc1ccccc1. The van der Waals surface area contributed by atoms with Gasteiger partial charge in [0.2, 0.25) is 0 Å². The second-order valence-corrected chi connectivity index (χ2v) is 3.85. The van der Waals surface area contributed by atoms with Crippen LogP contribution in [0.4, 0.5) is 0 Å². The minimum atomic E-state index is -0.124. The molecule has 15 heavy (non-hydrogen) atoms. The average molecular weight is 205 g/mol. The van der Waals surface area contributed by atoms with Crippen LogP contribution < -0.4 is 0 Å². The Labute approximate surface area is 89.7 Å². The zero-order valence-electron chi connectivity index (χ0n) is 8.85. The summed E-state index contributed by atoms with van der Waals surface area (Å²) in [5, 5.41) is 0. The van der Waals surface area contributed by atoms with E-state index in [9.17, 15) is 4.79 Å². The van der Waals surface area contributed by atoms with Crippen molar-refractivity contribution >= 4 is 5.97 Å². The van der Waals surface area contributed by atoms with Gasteiger partial charge in [0.25, 0.3) is 0 Å². The van der Waals surface area contributed by atoms with Gasteiger partial charge in [0.05, 0.1) is 0 Å². The van der Waals surface area contributed by atoms with Crippen molar-refractivity contribution in [3.05, 3.63) is 35.9 Å². The van der Waals surface area contributed by atoms with Crippen LogP contribution in [0, 0.1) is 0 Å². The molecule has 3 heteroatoms. The molecule has 0 radical (unpaired) electrons.